The van der Waals surface area contributed by atoms with Gasteiger partial charge in [0.2, 0.25) is 0 Å². The third-order valence-corrected chi connectivity index (χ3v) is 2.17. The van der Waals surface area contributed by atoms with E-state index >= 15 is 0 Å². The number of carbonyl (C=O) groups excluding carboxylic acids is 1. The van der Waals surface area contributed by atoms with Gasteiger partial charge in [-0.25, -0.2) is 0 Å². The number of esters is 1. The minimum atomic E-state index is -0.292. The van der Waals surface area contributed by atoms with E-state index in [1.165, 1.54) is 12.8 Å². The van der Waals surface area contributed by atoms with Gasteiger partial charge in [-0.2, -0.15) is 0 Å². The zero-order chi connectivity index (χ0) is 10.8. The van der Waals surface area contributed by atoms with Gasteiger partial charge in [0.25, 0.3) is 0 Å². The van der Waals surface area contributed by atoms with Crippen LogP contribution in [0.4, 0.5) is 0 Å². The van der Waals surface area contributed by atoms with E-state index < -0.39 is 0 Å². The first kappa shape index (κ1) is 13.4. The largest absolute Gasteiger partial charge is 0.460 e. The van der Waals surface area contributed by atoms with E-state index in [0.717, 1.165) is 19.3 Å². The van der Waals surface area contributed by atoms with E-state index in [9.17, 15) is 4.79 Å². The Morgan fingerprint density at radius 1 is 1.29 bits per heavy atom. The summed E-state index contributed by atoms with van der Waals surface area (Å²) in [4.78, 5) is 10.9. The number of ether oxygens (including phenoxy) is 1. The van der Waals surface area contributed by atoms with Crippen molar-refractivity contribution in [3.8, 4) is 0 Å². The van der Waals surface area contributed by atoms with Gasteiger partial charge in [-0.05, 0) is 12.8 Å². The van der Waals surface area contributed by atoms with E-state index in [1.54, 1.807) is 6.92 Å². The number of unbranched alkanes of at least 4 members (excludes halogenated alkanes) is 3. The maximum Gasteiger partial charge on any atom is 0.305 e. The van der Waals surface area contributed by atoms with Gasteiger partial charge in [-0.3, -0.25) is 4.79 Å². The standard InChI is InChI=1S/C11H22O3/c1-3-5-6-7-8-10(9-12)14-11(13)4-2/h10,12H,3-9H2,1-2H3/t10-/m1/s1. The van der Waals surface area contributed by atoms with Crippen LogP contribution in [0.3, 0.4) is 0 Å². The maximum absolute atomic E-state index is 10.9. The molecule has 0 radical (unpaired) electrons. The van der Waals surface area contributed by atoms with Gasteiger partial charge in [-0.1, -0.05) is 33.1 Å². The van der Waals surface area contributed by atoms with Gasteiger partial charge in [-0.15, -0.1) is 0 Å². The summed E-state index contributed by atoms with van der Waals surface area (Å²) in [5, 5.41) is 8.95. The van der Waals surface area contributed by atoms with Gasteiger partial charge in [0.1, 0.15) is 6.10 Å². The highest BCUT2D eigenvalue weighted by Gasteiger charge is 2.11. The Morgan fingerprint density at radius 2 is 2.00 bits per heavy atom. The van der Waals surface area contributed by atoms with Gasteiger partial charge >= 0.3 is 5.97 Å². The predicted octanol–water partition coefficient (Wildman–Crippen LogP) is 2.27. The lowest BCUT2D eigenvalue weighted by atomic mass is 10.1. The molecule has 0 rings (SSSR count). The van der Waals surface area contributed by atoms with Crippen LogP contribution in [0.2, 0.25) is 0 Å². The molecule has 0 heterocycles. The summed E-state index contributed by atoms with van der Waals surface area (Å²) in [6, 6.07) is 0. The molecule has 1 atom stereocenters. The monoisotopic (exact) mass is 202 g/mol. The Kier molecular flexibility index (Phi) is 8.64. The lowest BCUT2D eigenvalue weighted by Gasteiger charge is -2.14. The van der Waals surface area contributed by atoms with Gasteiger partial charge in [0.05, 0.1) is 6.61 Å². The van der Waals surface area contributed by atoms with Crippen LogP contribution in [0.5, 0.6) is 0 Å². The second kappa shape index (κ2) is 9.00. The summed E-state index contributed by atoms with van der Waals surface area (Å²) in [6.07, 6.45) is 5.44. The molecule has 3 nitrogen and oxygen atoms in total. The average Bonchev–Trinajstić information content (AvgIpc) is 2.22. The average molecular weight is 202 g/mol. The molecule has 0 saturated carbocycles. The minimum Gasteiger partial charge on any atom is -0.460 e. The Balaban J connectivity index is 3.52. The minimum absolute atomic E-state index is 0.0577. The molecule has 0 aliphatic carbocycles. The van der Waals surface area contributed by atoms with Crippen molar-refractivity contribution >= 4 is 5.97 Å². The third kappa shape index (κ3) is 6.89. The van der Waals surface area contributed by atoms with Crippen molar-refractivity contribution < 1.29 is 14.6 Å². The summed E-state index contributed by atoms with van der Waals surface area (Å²) in [6.45, 7) is 3.85. The Labute approximate surface area is 86.5 Å². The highest BCUT2D eigenvalue weighted by atomic mass is 16.5. The van der Waals surface area contributed by atoms with Crippen molar-refractivity contribution in [2.24, 2.45) is 0 Å². The molecule has 84 valence electrons. The van der Waals surface area contributed by atoms with Crippen LogP contribution in [0, 0.1) is 0 Å². The highest BCUT2D eigenvalue weighted by molar-refractivity contribution is 5.69. The smallest absolute Gasteiger partial charge is 0.305 e. The van der Waals surface area contributed by atoms with Crippen LogP contribution in [0.25, 0.3) is 0 Å². The van der Waals surface area contributed by atoms with E-state index in [-0.39, 0.29) is 18.7 Å². The fraction of sp³-hybridized carbons (Fsp3) is 0.909. The van der Waals surface area contributed by atoms with Crippen molar-refractivity contribution in [3.63, 3.8) is 0 Å². The molecule has 0 bridgehead atoms. The molecular weight excluding hydrogens is 180 g/mol. The van der Waals surface area contributed by atoms with E-state index in [0.29, 0.717) is 6.42 Å². The molecule has 3 heteroatoms. The van der Waals surface area contributed by atoms with Crippen LogP contribution in [-0.4, -0.2) is 23.8 Å². The summed E-state index contributed by atoms with van der Waals surface area (Å²) >= 11 is 0. The molecule has 0 aliphatic rings. The van der Waals surface area contributed by atoms with Gasteiger partial charge in [0.15, 0.2) is 0 Å². The van der Waals surface area contributed by atoms with Crippen LogP contribution >= 0.6 is 0 Å². The molecule has 0 amide bonds. The topological polar surface area (TPSA) is 46.5 Å². The SMILES string of the molecule is CCCCCC[C@H](CO)OC(=O)CC. The number of hydrogen-bond donors (Lipinski definition) is 1. The maximum atomic E-state index is 10.9. The van der Waals surface area contributed by atoms with E-state index in [1.807, 2.05) is 0 Å². The second-order valence-electron chi connectivity index (χ2n) is 3.50. The van der Waals surface area contributed by atoms with Crippen LogP contribution < -0.4 is 0 Å². The number of rotatable bonds is 8. The fourth-order valence-electron chi connectivity index (χ4n) is 1.26. The quantitative estimate of drug-likeness (QED) is 0.485. The highest BCUT2D eigenvalue weighted by Crippen LogP contribution is 2.08. The Hall–Kier alpha value is -0.570. The van der Waals surface area contributed by atoms with Crippen molar-refractivity contribution in [3.05, 3.63) is 0 Å². The predicted molar refractivity (Wildman–Crippen MR) is 56.0 cm³/mol. The van der Waals surface area contributed by atoms with Crippen molar-refractivity contribution in [1.82, 2.24) is 0 Å². The molecule has 0 aliphatic heterocycles. The summed E-state index contributed by atoms with van der Waals surface area (Å²) < 4.78 is 5.04. The molecule has 14 heavy (non-hydrogen) atoms. The van der Waals surface area contributed by atoms with Crippen molar-refractivity contribution in [1.29, 1.82) is 0 Å². The molecule has 0 unspecified atom stereocenters. The molecule has 0 aromatic heterocycles. The number of carbonyl (C=O) groups is 1. The van der Waals surface area contributed by atoms with Crippen LogP contribution in [-0.2, 0) is 9.53 Å². The fourth-order valence-corrected chi connectivity index (χ4v) is 1.26. The number of aliphatic hydroxyl groups excluding tert-OH is 1. The number of aliphatic hydroxyl groups is 1. The van der Waals surface area contributed by atoms with Crippen LogP contribution in [0.15, 0.2) is 0 Å². The molecule has 0 aromatic rings. The van der Waals surface area contributed by atoms with Crippen molar-refractivity contribution in [2.45, 2.75) is 58.5 Å². The van der Waals surface area contributed by atoms with Crippen molar-refractivity contribution in [2.75, 3.05) is 6.61 Å². The zero-order valence-corrected chi connectivity index (χ0v) is 9.29. The third-order valence-electron chi connectivity index (χ3n) is 2.17. The molecule has 0 spiro atoms. The van der Waals surface area contributed by atoms with E-state index in [2.05, 4.69) is 6.92 Å². The first-order chi connectivity index (χ1) is 6.74. The first-order valence-corrected chi connectivity index (χ1v) is 5.54. The molecule has 1 N–H and O–H groups in total. The molecule has 0 saturated heterocycles. The molecule has 0 fully saturated rings. The number of hydrogen-bond acceptors (Lipinski definition) is 3. The summed E-state index contributed by atoms with van der Waals surface area (Å²) in [7, 11) is 0. The molecule has 0 aromatic carbocycles. The van der Waals surface area contributed by atoms with Gasteiger partial charge < -0.3 is 9.84 Å². The zero-order valence-electron chi connectivity index (χ0n) is 9.29. The Morgan fingerprint density at radius 3 is 2.50 bits per heavy atom. The van der Waals surface area contributed by atoms with Crippen LogP contribution in [0.1, 0.15) is 52.4 Å². The molecular formula is C11H22O3. The second-order valence-corrected chi connectivity index (χ2v) is 3.50. The Bertz CT molecular complexity index is 145. The normalized spacial score (nSPS) is 12.5. The summed E-state index contributed by atoms with van der Waals surface area (Å²) in [5.74, 6) is -0.223. The lowest BCUT2D eigenvalue weighted by Crippen LogP contribution is -2.21. The van der Waals surface area contributed by atoms with E-state index in [4.69, 9.17) is 9.84 Å². The summed E-state index contributed by atoms with van der Waals surface area (Å²) in [5.41, 5.74) is 0. The lowest BCUT2D eigenvalue weighted by molar-refractivity contribution is -0.151. The first-order valence-electron chi connectivity index (χ1n) is 5.54. The van der Waals surface area contributed by atoms with Gasteiger partial charge in [0, 0.05) is 6.42 Å².